The van der Waals surface area contributed by atoms with Crippen LogP contribution in [0.5, 0.6) is 0 Å². The normalized spacial score (nSPS) is 16.7. The molecule has 0 atom stereocenters. The third kappa shape index (κ3) is 1.75. The lowest BCUT2D eigenvalue weighted by Gasteiger charge is -2.18. The van der Waals surface area contributed by atoms with Crippen molar-refractivity contribution in [1.82, 2.24) is 9.55 Å². The quantitative estimate of drug-likeness (QED) is 0.860. The molecule has 0 bridgehead atoms. The highest BCUT2D eigenvalue weighted by atomic mass is 15.1. The van der Waals surface area contributed by atoms with E-state index < -0.39 is 0 Å². The average Bonchev–Trinajstić information content (AvgIpc) is 2.99. The van der Waals surface area contributed by atoms with Crippen molar-refractivity contribution in [3.63, 3.8) is 0 Å². The summed E-state index contributed by atoms with van der Waals surface area (Å²) in [5.41, 5.74) is 9.30. The molecule has 3 nitrogen and oxygen atoms in total. The van der Waals surface area contributed by atoms with Gasteiger partial charge in [-0.3, -0.25) is 0 Å². The highest BCUT2D eigenvalue weighted by Crippen LogP contribution is 2.38. The van der Waals surface area contributed by atoms with Crippen molar-refractivity contribution in [3.05, 3.63) is 29.6 Å². The van der Waals surface area contributed by atoms with E-state index in [0.717, 1.165) is 16.9 Å². The second-order valence-electron chi connectivity index (χ2n) is 5.69. The van der Waals surface area contributed by atoms with Crippen LogP contribution in [-0.2, 0) is 5.54 Å². The molecular weight excluding hydrogens is 210 g/mol. The van der Waals surface area contributed by atoms with Gasteiger partial charge in [-0.15, -0.1) is 0 Å². The molecule has 17 heavy (non-hydrogen) atoms. The summed E-state index contributed by atoms with van der Waals surface area (Å²) >= 11 is 0. The van der Waals surface area contributed by atoms with Gasteiger partial charge in [-0.05, 0) is 51.3 Å². The van der Waals surface area contributed by atoms with Gasteiger partial charge in [0.15, 0.2) is 0 Å². The molecule has 0 saturated heterocycles. The molecule has 1 saturated carbocycles. The summed E-state index contributed by atoms with van der Waals surface area (Å²) in [6.07, 6.45) is 2.58. The lowest BCUT2D eigenvalue weighted by Crippen LogP contribution is -2.28. The zero-order valence-electron chi connectivity index (χ0n) is 10.7. The number of aryl methyl sites for hydroxylation is 1. The fourth-order valence-electron chi connectivity index (χ4n) is 2.41. The van der Waals surface area contributed by atoms with Crippen LogP contribution in [0.4, 0.5) is 0 Å². The number of nitrogens with zero attached hydrogens (tertiary/aromatic N) is 2. The van der Waals surface area contributed by atoms with E-state index in [4.69, 9.17) is 5.73 Å². The molecule has 0 amide bonds. The van der Waals surface area contributed by atoms with Crippen molar-refractivity contribution in [1.29, 1.82) is 0 Å². The number of hydrogen-bond acceptors (Lipinski definition) is 2. The Bertz CT molecular complexity index is 571. The summed E-state index contributed by atoms with van der Waals surface area (Å²) in [6.45, 7) is 6.14. The molecule has 3 heteroatoms. The van der Waals surface area contributed by atoms with Gasteiger partial charge in [0, 0.05) is 11.6 Å². The van der Waals surface area contributed by atoms with E-state index in [1.165, 1.54) is 18.4 Å². The van der Waals surface area contributed by atoms with Crippen molar-refractivity contribution < 1.29 is 0 Å². The number of imidazole rings is 1. The van der Waals surface area contributed by atoms with Gasteiger partial charge in [0.1, 0.15) is 5.82 Å². The monoisotopic (exact) mass is 229 g/mol. The molecular formula is C14H19N3. The minimum absolute atomic E-state index is 0.300. The van der Waals surface area contributed by atoms with E-state index in [1.54, 1.807) is 0 Å². The van der Waals surface area contributed by atoms with Crippen LogP contribution in [0.1, 0.15) is 44.1 Å². The van der Waals surface area contributed by atoms with Crippen LogP contribution in [0.3, 0.4) is 0 Å². The molecule has 1 aromatic heterocycles. The lowest BCUT2D eigenvalue weighted by molar-refractivity contribution is 0.555. The van der Waals surface area contributed by atoms with Crippen LogP contribution in [0.2, 0.25) is 0 Å². The van der Waals surface area contributed by atoms with Gasteiger partial charge < -0.3 is 10.3 Å². The zero-order valence-corrected chi connectivity index (χ0v) is 10.7. The molecule has 0 spiro atoms. The fraction of sp³-hybridized carbons (Fsp3) is 0.500. The molecule has 0 unspecified atom stereocenters. The Balaban J connectivity index is 2.18. The van der Waals surface area contributed by atoms with Crippen LogP contribution in [0, 0.1) is 6.92 Å². The molecule has 1 aliphatic carbocycles. The van der Waals surface area contributed by atoms with Gasteiger partial charge in [0.05, 0.1) is 11.0 Å². The summed E-state index contributed by atoms with van der Waals surface area (Å²) in [5.74, 6) is 1.12. The second kappa shape index (κ2) is 3.33. The third-order valence-electron chi connectivity index (χ3n) is 3.52. The van der Waals surface area contributed by atoms with Crippen LogP contribution >= 0.6 is 0 Å². The molecule has 1 aromatic carbocycles. The largest absolute Gasteiger partial charge is 0.325 e. The Kier molecular flexibility index (Phi) is 2.11. The average molecular weight is 229 g/mol. The van der Waals surface area contributed by atoms with E-state index in [9.17, 15) is 0 Å². The van der Waals surface area contributed by atoms with Crippen molar-refractivity contribution in [2.24, 2.45) is 5.73 Å². The Morgan fingerprint density at radius 1 is 1.35 bits per heavy atom. The standard InChI is InChI=1S/C14H19N3/c1-9-16-12-8-10(14(2,3)15)4-7-13(12)17(9)11-5-6-11/h4,7-8,11H,5-6,15H2,1-3H3. The summed E-state index contributed by atoms with van der Waals surface area (Å²) in [4.78, 5) is 4.66. The van der Waals surface area contributed by atoms with Gasteiger partial charge >= 0.3 is 0 Å². The smallest absolute Gasteiger partial charge is 0.106 e. The SMILES string of the molecule is Cc1nc2cc(C(C)(C)N)ccc2n1C1CC1. The van der Waals surface area contributed by atoms with Gasteiger partial charge in [-0.2, -0.15) is 0 Å². The number of nitrogens with two attached hydrogens (primary N) is 1. The van der Waals surface area contributed by atoms with E-state index in [0.29, 0.717) is 6.04 Å². The fourth-order valence-corrected chi connectivity index (χ4v) is 2.41. The number of benzene rings is 1. The van der Waals surface area contributed by atoms with Crippen LogP contribution in [0.25, 0.3) is 11.0 Å². The second-order valence-corrected chi connectivity index (χ2v) is 5.69. The maximum atomic E-state index is 6.13. The molecule has 2 N–H and O–H groups in total. The third-order valence-corrected chi connectivity index (χ3v) is 3.52. The van der Waals surface area contributed by atoms with Crippen molar-refractivity contribution in [2.45, 2.75) is 45.2 Å². The zero-order chi connectivity index (χ0) is 12.2. The first-order valence-electron chi connectivity index (χ1n) is 6.25. The number of rotatable bonds is 2. The predicted molar refractivity (Wildman–Crippen MR) is 70.0 cm³/mol. The first kappa shape index (κ1) is 10.8. The lowest BCUT2D eigenvalue weighted by atomic mass is 9.95. The summed E-state index contributed by atoms with van der Waals surface area (Å²) in [6, 6.07) is 7.10. The Hall–Kier alpha value is -1.35. The number of aromatic nitrogens is 2. The molecule has 1 fully saturated rings. The molecule has 90 valence electrons. The van der Waals surface area contributed by atoms with E-state index in [-0.39, 0.29) is 5.54 Å². The Labute approximate surface area is 102 Å². The van der Waals surface area contributed by atoms with Gasteiger partial charge in [-0.25, -0.2) is 4.98 Å². The van der Waals surface area contributed by atoms with E-state index >= 15 is 0 Å². The Morgan fingerprint density at radius 2 is 2.06 bits per heavy atom. The summed E-state index contributed by atoms with van der Waals surface area (Å²) in [5, 5.41) is 0. The van der Waals surface area contributed by atoms with Crippen LogP contribution in [0.15, 0.2) is 18.2 Å². The predicted octanol–water partition coefficient (Wildman–Crippen LogP) is 2.87. The van der Waals surface area contributed by atoms with Crippen LogP contribution in [-0.4, -0.2) is 9.55 Å². The van der Waals surface area contributed by atoms with Crippen molar-refractivity contribution in [2.75, 3.05) is 0 Å². The molecule has 0 aliphatic heterocycles. The minimum atomic E-state index is -0.300. The number of hydrogen-bond donors (Lipinski definition) is 1. The van der Waals surface area contributed by atoms with Gasteiger partial charge in [0.25, 0.3) is 0 Å². The molecule has 0 radical (unpaired) electrons. The molecule has 3 rings (SSSR count). The Morgan fingerprint density at radius 3 is 2.65 bits per heavy atom. The molecule has 2 aromatic rings. The first-order valence-corrected chi connectivity index (χ1v) is 6.25. The molecule has 1 heterocycles. The maximum absolute atomic E-state index is 6.13. The van der Waals surface area contributed by atoms with E-state index in [2.05, 4.69) is 34.7 Å². The van der Waals surface area contributed by atoms with Gasteiger partial charge in [0.2, 0.25) is 0 Å². The number of fused-ring (bicyclic) bond motifs is 1. The summed E-state index contributed by atoms with van der Waals surface area (Å²) in [7, 11) is 0. The first-order chi connectivity index (χ1) is 7.97. The highest BCUT2D eigenvalue weighted by molar-refractivity contribution is 5.77. The van der Waals surface area contributed by atoms with Crippen molar-refractivity contribution in [3.8, 4) is 0 Å². The maximum Gasteiger partial charge on any atom is 0.106 e. The van der Waals surface area contributed by atoms with Crippen LogP contribution < -0.4 is 5.73 Å². The van der Waals surface area contributed by atoms with E-state index in [1.807, 2.05) is 13.8 Å². The van der Waals surface area contributed by atoms with Gasteiger partial charge in [-0.1, -0.05) is 6.07 Å². The topological polar surface area (TPSA) is 43.8 Å². The minimum Gasteiger partial charge on any atom is -0.325 e. The highest BCUT2D eigenvalue weighted by Gasteiger charge is 2.27. The molecule has 1 aliphatic rings. The summed E-state index contributed by atoms with van der Waals surface area (Å²) < 4.78 is 2.36. The van der Waals surface area contributed by atoms with Crippen molar-refractivity contribution >= 4 is 11.0 Å².